The molecule has 0 saturated carbocycles. The number of rotatable bonds is 4. The molecule has 0 amide bonds. The van der Waals surface area contributed by atoms with Crippen LogP contribution in [0.3, 0.4) is 0 Å². The van der Waals surface area contributed by atoms with Gasteiger partial charge in [0.1, 0.15) is 5.58 Å². The van der Waals surface area contributed by atoms with Gasteiger partial charge in [-0.2, -0.15) is 0 Å². The van der Waals surface area contributed by atoms with Crippen molar-refractivity contribution in [1.82, 2.24) is 0 Å². The number of aldehydes is 1. The summed E-state index contributed by atoms with van der Waals surface area (Å²) in [6.45, 7) is 0. The van der Waals surface area contributed by atoms with Crippen molar-refractivity contribution in [3.8, 4) is 0 Å². The number of carboxylic acids is 1. The molecule has 2 aromatic rings. The number of carbonyl (C=O) groups is 2. The van der Waals surface area contributed by atoms with E-state index in [1.807, 2.05) is 6.07 Å². The van der Waals surface area contributed by atoms with Gasteiger partial charge in [0.05, 0.1) is 10.6 Å². The number of benzene rings is 1. The quantitative estimate of drug-likeness (QED) is 0.652. The van der Waals surface area contributed by atoms with Gasteiger partial charge in [0.2, 0.25) is 0 Å². The van der Waals surface area contributed by atoms with Gasteiger partial charge in [-0.05, 0) is 12.1 Å². The summed E-state index contributed by atoms with van der Waals surface area (Å²) in [4.78, 5) is 21.9. The van der Waals surface area contributed by atoms with Crippen molar-refractivity contribution >= 4 is 35.0 Å². The summed E-state index contributed by atoms with van der Waals surface area (Å²) in [5.41, 5.74) is 0.595. The summed E-state index contributed by atoms with van der Waals surface area (Å²) < 4.78 is 5.30. The molecule has 0 atom stereocenters. The third-order valence-electron chi connectivity index (χ3n) is 2.02. The Morgan fingerprint density at radius 2 is 2.19 bits per heavy atom. The Balaban J connectivity index is 2.47. The molecule has 0 saturated heterocycles. The average molecular weight is 236 g/mol. The minimum atomic E-state index is -0.924. The van der Waals surface area contributed by atoms with E-state index in [4.69, 9.17) is 9.52 Å². The van der Waals surface area contributed by atoms with Gasteiger partial charge in [-0.15, -0.1) is 11.8 Å². The molecule has 1 heterocycles. The number of hydrogen-bond donors (Lipinski definition) is 1. The number of thioether (sulfide) groups is 1. The first-order chi connectivity index (χ1) is 7.72. The molecule has 1 N–H and O–H groups in total. The summed E-state index contributed by atoms with van der Waals surface area (Å²) in [5, 5.41) is 9.38. The van der Waals surface area contributed by atoms with E-state index in [0.717, 1.165) is 17.1 Å². The van der Waals surface area contributed by atoms with Crippen LogP contribution in [0.1, 0.15) is 10.6 Å². The van der Waals surface area contributed by atoms with Crippen LogP contribution >= 0.6 is 11.8 Å². The van der Waals surface area contributed by atoms with Crippen LogP contribution in [0.5, 0.6) is 0 Å². The first-order valence-corrected chi connectivity index (χ1v) is 5.52. The highest BCUT2D eigenvalue weighted by Gasteiger charge is 2.14. The topological polar surface area (TPSA) is 67.5 Å². The molecule has 0 aliphatic heterocycles. The molecule has 0 aliphatic carbocycles. The van der Waals surface area contributed by atoms with Crippen LogP contribution in [0, 0.1) is 0 Å². The third kappa shape index (κ3) is 1.94. The van der Waals surface area contributed by atoms with Gasteiger partial charge in [0, 0.05) is 5.39 Å². The average Bonchev–Trinajstić information content (AvgIpc) is 2.64. The molecule has 0 unspecified atom stereocenters. The molecule has 0 bridgehead atoms. The first kappa shape index (κ1) is 10.8. The Kier molecular flexibility index (Phi) is 2.96. The van der Waals surface area contributed by atoms with Crippen LogP contribution in [0.4, 0.5) is 0 Å². The number of fused-ring (bicyclic) bond motifs is 1. The largest absolute Gasteiger partial charge is 0.481 e. The maximum Gasteiger partial charge on any atom is 0.313 e. The monoisotopic (exact) mass is 236 g/mol. The Morgan fingerprint density at radius 1 is 1.44 bits per heavy atom. The predicted molar refractivity (Wildman–Crippen MR) is 60.0 cm³/mol. The zero-order valence-corrected chi connectivity index (χ0v) is 8.99. The van der Waals surface area contributed by atoms with Gasteiger partial charge in [0.25, 0.3) is 0 Å². The van der Waals surface area contributed by atoms with E-state index in [9.17, 15) is 9.59 Å². The van der Waals surface area contributed by atoms with Crippen LogP contribution in [-0.4, -0.2) is 23.1 Å². The summed E-state index contributed by atoms with van der Waals surface area (Å²) in [7, 11) is 0. The minimum Gasteiger partial charge on any atom is -0.481 e. The van der Waals surface area contributed by atoms with E-state index in [1.165, 1.54) is 0 Å². The molecule has 0 fully saturated rings. The Morgan fingerprint density at radius 3 is 2.88 bits per heavy atom. The van der Waals surface area contributed by atoms with Crippen molar-refractivity contribution in [2.45, 2.75) is 4.90 Å². The van der Waals surface area contributed by atoms with E-state index in [-0.39, 0.29) is 11.5 Å². The zero-order valence-electron chi connectivity index (χ0n) is 8.17. The maximum absolute atomic E-state index is 10.8. The molecule has 0 spiro atoms. The Labute approximate surface area is 95.2 Å². The highest BCUT2D eigenvalue weighted by atomic mass is 32.2. The van der Waals surface area contributed by atoms with Crippen molar-refractivity contribution in [1.29, 1.82) is 0 Å². The zero-order chi connectivity index (χ0) is 11.5. The molecule has 0 aliphatic rings. The van der Waals surface area contributed by atoms with E-state index < -0.39 is 5.97 Å². The molecule has 4 nitrogen and oxygen atoms in total. The minimum absolute atomic E-state index is 0.0929. The summed E-state index contributed by atoms with van der Waals surface area (Å²) >= 11 is 1.09. The Bertz CT molecular complexity index is 544. The summed E-state index contributed by atoms with van der Waals surface area (Å²) in [6.07, 6.45) is 0.601. The number of para-hydroxylation sites is 1. The molecule has 1 aromatic heterocycles. The van der Waals surface area contributed by atoms with E-state index >= 15 is 0 Å². The van der Waals surface area contributed by atoms with Crippen LogP contribution in [-0.2, 0) is 4.79 Å². The highest BCUT2D eigenvalue weighted by molar-refractivity contribution is 8.00. The van der Waals surface area contributed by atoms with Crippen molar-refractivity contribution in [3.05, 3.63) is 30.0 Å². The number of furan rings is 1. The third-order valence-corrected chi connectivity index (χ3v) is 3.12. The number of aliphatic carboxylic acids is 1. The lowest BCUT2D eigenvalue weighted by Gasteiger charge is -1.95. The maximum atomic E-state index is 10.8. The first-order valence-electron chi connectivity index (χ1n) is 4.53. The fourth-order valence-corrected chi connectivity index (χ4v) is 2.23. The Hall–Kier alpha value is -1.75. The normalized spacial score (nSPS) is 10.5. The van der Waals surface area contributed by atoms with Crippen LogP contribution < -0.4 is 0 Å². The number of carbonyl (C=O) groups excluding carboxylic acids is 1. The number of hydrogen-bond acceptors (Lipinski definition) is 4. The fraction of sp³-hybridized carbons (Fsp3) is 0.0909. The molecule has 2 rings (SSSR count). The van der Waals surface area contributed by atoms with E-state index in [2.05, 4.69) is 0 Å². The van der Waals surface area contributed by atoms with E-state index in [0.29, 0.717) is 16.8 Å². The van der Waals surface area contributed by atoms with Crippen LogP contribution in [0.15, 0.2) is 33.6 Å². The summed E-state index contributed by atoms with van der Waals surface area (Å²) in [5.74, 6) is -0.829. The van der Waals surface area contributed by atoms with Crippen LogP contribution in [0.25, 0.3) is 11.0 Å². The molecular weight excluding hydrogens is 228 g/mol. The van der Waals surface area contributed by atoms with Crippen molar-refractivity contribution in [2.24, 2.45) is 0 Å². The van der Waals surface area contributed by atoms with Gasteiger partial charge in [-0.3, -0.25) is 9.59 Å². The molecule has 82 valence electrons. The standard InChI is InChI=1S/C11H8O4S/c12-5-9-11(16-6-10(13)14)7-3-1-2-4-8(7)15-9/h1-5H,6H2,(H,13,14). The SMILES string of the molecule is O=Cc1oc2ccccc2c1SCC(=O)O. The van der Waals surface area contributed by atoms with Gasteiger partial charge in [-0.1, -0.05) is 12.1 Å². The molecule has 5 heteroatoms. The van der Waals surface area contributed by atoms with E-state index in [1.54, 1.807) is 18.2 Å². The lowest BCUT2D eigenvalue weighted by atomic mass is 10.2. The second-order valence-electron chi connectivity index (χ2n) is 3.09. The van der Waals surface area contributed by atoms with Crippen molar-refractivity contribution in [3.63, 3.8) is 0 Å². The number of carboxylic acid groups (broad SMARTS) is 1. The molecule has 1 aromatic carbocycles. The fourth-order valence-electron chi connectivity index (χ4n) is 1.40. The predicted octanol–water partition coefficient (Wildman–Crippen LogP) is 2.42. The second-order valence-corrected chi connectivity index (χ2v) is 4.08. The van der Waals surface area contributed by atoms with Crippen molar-refractivity contribution in [2.75, 3.05) is 5.75 Å². The molecule has 16 heavy (non-hydrogen) atoms. The highest BCUT2D eigenvalue weighted by Crippen LogP contribution is 2.33. The van der Waals surface area contributed by atoms with Crippen LogP contribution in [0.2, 0.25) is 0 Å². The molecular formula is C11H8O4S. The van der Waals surface area contributed by atoms with Gasteiger partial charge in [0.15, 0.2) is 12.0 Å². The smallest absolute Gasteiger partial charge is 0.313 e. The van der Waals surface area contributed by atoms with Crippen molar-refractivity contribution < 1.29 is 19.1 Å². The lowest BCUT2D eigenvalue weighted by molar-refractivity contribution is -0.133. The summed E-state index contributed by atoms with van der Waals surface area (Å²) in [6, 6.07) is 7.16. The molecule has 0 radical (unpaired) electrons. The second kappa shape index (κ2) is 4.40. The lowest BCUT2D eigenvalue weighted by Crippen LogP contribution is -1.97. The van der Waals surface area contributed by atoms with Gasteiger partial charge >= 0.3 is 5.97 Å². The van der Waals surface area contributed by atoms with Gasteiger partial charge in [-0.25, -0.2) is 0 Å². The van der Waals surface area contributed by atoms with Gasteiger partial charge < -0.3 is 9.52 Å².